The molecule has 0 amide bonds. The highest BCUT2D eigenvalue weighted by molar-refractivity contribution is 5.36. The number of benzene rings is 1. The Morgan fingerprint density at radius 1 is 1.46 bits per heavy atom. The van der Waals surface area contributed by atoms with Gasteiger partial charge in [-0.3, -0.25) is 0 Å². The molecule has 2 nitrogen and oxygen atoms in total. The molecule has 0 fully saturated rings. The maximum Gasteiger partial charge on any atom is 0.168 e. The molecule has 1 aromatic rings. The van der Waals surface area contributed by atoms with E-state index in [9.17, 15) is 13.9 Å². The fourth-order valence-corrected chi connectivity index (χ4v) is 1.09. The fraction of sp³-hybridized carbons (Fsp3) is 0.333. The summed E-state index contributed by atoms with van der Waals surface area (Å²) in [5, 5.41) is 9.20. The van der Waals surface area contributed by atoms with Gasteiger partial charge in [-0.2, -0.15) is 0 Å². The van der Waals surface area contributed by atoms with Gasteiger partial charge in [0.1, 0.15) is 5.82 Å². The van der Waals surface area contributed by atoms with Crippen LogP contribution in [0.5, 0.6) is 5.75 Å². The molecule has 0 spiro atoms. The van der Waals surface area contributed by atoms with E-state index in [4.69, 9.17) is 5.73 Å². The van der Waals surface area contributed by atoms with Crippen molar-refractivity contribution in [2.75, 3.05) is 0 Å². The molecule has 0 heterocycles. The molecule has 0 bridgehead atoms. The minimum atomic E-state index is -0.973. The number of aromatic hydroxyl groups is 1. The van der Waals surface area contributed by atoms with Crippen molar-refractivity contribution >= 4 is 0 Å². The molecule has 1 unspecified atom stereocenters. The Kier molecular flexibility index (Phi) is 2.83. The molecule has 0 aliphatic heterocycles. The van der Waals surface area contributed by atoms with E-state index in [-0.39, 0.29) is 5.56 Å². The number of nitrogens with two attached hydrogens (primary N) is 1. The van der Waals surface area contributed by atoms with Gasteiger partial charge in [-0.15, -0.1) is 0 Å². The summed E-state index contributed by atoms with van der Waals surface area (Å²) in [5.74, 6) is -2.26. The Bertz CT molecular complexity index is 315. The monoisotopic (exact) mass is 187 g/mol. The molecule has 1 aromatic carbocycles. The van der Waals surface area contributed by atoms with Gasteiger partial charge < -0.3 is 10.8 Å². The van der Waals surface area contributed by atoms with Crippen molar-refractivity contribution in [3.8, 4) is 5.75 Å². The maximum atomic E-state index is 12.8. The van der Waals surface area contributed by atoms with Crippen molar-refractivity contribution in [2.45, 2.75) is 19.4 Å². The SMILES string of the molecule is CCC(N)c1cc(F)cc(F)c1O. The predicted molar refractivity (Wildman–Crippen MR) is 45.2 cm³/mol. The van der Waals surface area contributed by atoms with Crippen molar-refractivity contribution in [2.24, 2.45) is 5.73 Å². The van der Waals surface area contributed by atoms with Crippen LogP contribution in [0.2, 0.25) is 0 Å². The lowest BCUT2D eigenvalue weighted by Crippen LogP contribution is -2.09. The molecular weight excluding hydrogens is 176 g/mol. The van der Waals surface area contributed by atoms with Crippen molar-refractivity contribution < 1.29 is 13.9 Å². The molecule has 0 aliphatic carbocycles. The van der Waals surface area contributed by atoms with Crippen molar-refractivity contribution in [3.05, 3.63) is 29.3 Å². The van der Waals surface area contributed by atoms with Gasteiger partial charge in [-0.1, -0.05) is 6.92 Å². The molecule has 13 heavy (non-hydrogen) atoms. The Morgan fingerprint density at radius 3 is 2.62 bits per heavy atom. The normalized spacial score (nSPS) is 12.9. The standard InChI is InChI=1S/C9H11F2NO/c1-2-8(12)6-3-5(10)4-7(11)9(6)13/h3-4,8,13H,2,12H2,1H3. The summed E-state index contributed by atoms with van der Waals surface area (Å²) in [7, 11) is 0. The number of phenols is 1. The second-order valence-corrected chi connectivity index (χ2v) is 2.84. The first kappa shape index (κ1) is 9.92. The van der Waals surface area contributed by atoms with E-state index < -0.39 is 23.4 Å². The lowest BCUT2D eigenvalue weighted by molar-refractivity contribution is 0.414. The van der Waals surface area contributed by atoms with E-state index in [0.717, 1.165) is 6.07 Å². The molecular formula is C9H11F2NO. The Hall–Kier alpha value is -1.16. The smallest absolute Gasteiger partial charge is 0.168 e. The minimum Gasteiger partial charge on any atom is -0.505 e. The Balaban J connectivity index is 3.20. The van der Waals surface area contributed by atoms with Crippen LogP contribution in [0.25, 0.3) is 0 Å². The summed E-state index contributed by atoms with van der Waals surface area (Å²) in [4.78, 5) is 0. The predicted octanol–water partition coefficient (Wildman–Crippen LogP) is 2.08. The molecule has 0 saturated carbocycles. The summed E-state index contributed by atoms with van der Waals surface area (Å²) in [6, 6.07) is 1.14. The lowest BCUT2D eigenvalue weighted by atomic mass is 10.0. The first-order chi connectivity index (χ1) is 6.06. The van der Waals surface area contributed by atoms with Crippen LogP contribution in [0.15, 0.2) is 12.1 Å². The van der Waals surface area contributed by atoms with Crippen LogP contribution in [-0.4, -0.2) is 5.11 Å². The highest BCUT2D eigenvalue weighted by Crippen LogP contribution is 2.28. The Labute approximate surface area is 75.0 Å². The first-order valence-corrected chi connectivity index (χ1v) is 3.99. The molecule has 4 heteroatoms. The highest BCUT2D eigenvalue weighted by atomic mass is 19.1. The third kappa shape index (κ3) is 1.95. The van der Waals surface area contributed by atoms with Gasteiger partial charge in [0.25, 0.3) is 0 Å². The second kappa shape index (κ2) is 3.70. The number of rotatable bonds is 2. The van der Waals surface area contributed by atoms with Crippen LogP contribution in [0.4, 0.5) is 8.78 Å². The topological polar surface area (TPSA) is 46.2 Å². The van der Waals surface area contributed by atoms with E-state index in [2.05, 4.69) is 0 Å². The van der Waals surface area contributed by atoms with E-state index in [1.165, 1.54) is 0 Å². The second-order valence-electron chi connectivity index (χ2n) is 2.84. The zero-order valence-electron chi connectivity index (χ0n) is 7.22. The fourth-order valence-electron chi connectivity index (χ4n) is 1.09. The molecule has 72 valence electrons. The molecule has 0 saturated heterocycles. The van der Waals surface area contributed by atoms with Gasteiger partial charge in [-0.25, -0.2) is 8.78 Å². The molecule has 0 aliphatic rings. The largest absolute Gasteiger partial charge is 0.505 e. The number of hydrogen-bond donors (Lipinski definition) is 2. The van der Waals surface area contributed by atoms with E-state index in [0.29, 0.717) is 12.5 Å². The number of halogens is 2. The average molecular weight is 187 g/mol. The van der Waals surface area contributed by atoms with Crippen molar-refractivity contribution in [1.82, 2.24) is 0 Å². The van der Waals surface area contributed by atoms with E-state index in [1.807, 2.05) is 0 Å². The third-order valence-corrected chi connectivity index (χ3v) is 1.90. The molecule has 0 aromatic heterocycles. The van der Waals surface area contributed by atoms with Gasteiger partial charge in [0.15, 0.2) is 11.6 Å². The molecule has 0 radical (unpaired) electrons. The summed E-state index contributed by atoms with van der Waals surface area (Å²) >= 11 is 0. The van der Waals surface area contributed by atoms with Crippen LogP contribution in [0.1, 0.15) is 24.9 Å². The summed E-state index contributed by atoms with van der Waals surface area (Å²) in [5.41, 5.74) is 5.65. The zero-order chi connectivity index (χ0) is 10.0. The van der Waals surface area contributed by atoms with Crippen LogP contribution in [0, 0.1) is 11.6 Å². The van der Waals surface area contributed by atoms with Gasteiger partial charge in [0.2, 0.25) is 0 Å². The molecule has 1 rings (SSSR count). The quantitative estimate of drug-likeness (QED) is 0.744. The van der Waals surface area contributed by atoms with Crippen LogP contribution in [0.3, 0.4) is 0 Å². The van der Waals surface area contributed by atoms with Crippen LogP contribution >= 0.6 is 0 Å². The molecule has 3 N–H and O–H groups in total. The van der Waals surface area contributed by atoms with Crippen LogP contribution in [-0.2, 0) is 0 Å². The third-order valence-electron chi connectivity index (χ3n) is 1.90. The first-order valence-electron chi connectivity index (χ1n) is 3.99. The average Bonchev–Trinajstić information content (AvgIpc) is 2.10. The number of phenolic OH excluding ortho intramolecular Hbond substituents is 1. The van der Waals surface area contributed by atoms with Gasteiger partial charge in [-0.05, 0) is 12.5 Å². The van der Waals surface area contributed by atoms with E-state index >= 15 is 0 Å². The van der Waals surface area contributed by atoms with Crippen LogP contribution < -0.4 is 5.73 Å². The Morgan fingerprint density at radius 2 is 2.08 bits per heavy atom. The van der Waals surface area contributed by atoms with Gasteiger partial charge in [0, 0.05) is 17.7 Å². The summed E-state index contributed by atoms with van der Waals surface area (Å²) < 4.78 is 25.5. The van der Waals surface area contributed by atoms with Crippen molar-refractivity contribution in [3.63, 3.8) is 0 Å². The molecule has 1 atom stereocenters. The summed E-state index contributed by atoms with van der Waals surface area (Å²) in [6.07, 6.45) is 0.510. The minimum absolute atomic E-state index is 0.111. The van der Waals surface area contributed by atoms with E-state index in [1.54, 1.807) is 6.92 Å². The number of hydrogen-bond acceptors (Lipinski definition) is 2. The van der Waals surface area contributed by atoms with Gasteiger partial charge >= 0.3 is 0 Å². The highest BCUT2D eigenvalue weighted by Gasteiger charge is 2.14. The van der Waals surface area contributed by atoms with Crippen molar-refractivity contribution in [1.29, 1.82) is 0 Å². The zero-order valence-corrected chi connectivity index (χ0v) is 7.22. The summed E-state index contributed by atoms with van der Waals surface area (Å²) in [6.45, 7) is 1.77. The van der Waals surface area contributed by atoms with Gasteiger partial charge in [0.05, 0.1) is 0 Å². The maximum absolute atomic E-state index is 12.8. The lowest BCUT2D eigenvalue weighted by Gasteiger charge is -2.11.